The van der Waals surface area contributed by atoms with E-state index in [1.807, 2.05) is 91.0 Å². The van der Waals surface area contributed by atoms with Crippen LogP contribution in [0, 0.1) is 0 Å². The van der Waals surface area contributed by atoms with Crippen molar-refractivity contribution in [1.82, 2.24) is 0 Å². The number of hydrogen-bond donors (Lipinski definition) is 0. The van der Waals surface area contributed by atoms with Gasteiger partial charge in [0.1, 0.15) is 0 Å². The highest BCUT2D eigenvalue weighted by molar-refractivity contribution is 6.16. The lowest BCUT2D eigenvalue weighted by molar-refractivity contribution is 0.660. The summed E-state index contributed by atoms with van der Waals surface area (Å²) in [6.07, 6.45) is 0. The summed E-state index contributed by atoms with van der Waals surface area (Å²) in [4.78, 5) is 1.60. The van der Waals surface area contributed by atoms with E-state index in [0.29, 0.717) is 16.8 Å². The molecule has 9 aromatic carbocycles. The topological polar surface area (TPSA) is 3.24 Å². The van der Waals surface area contributed by atoms with Gasteiger partial charge < -0.3 is 4.90 Å². The van der Waals surface area contributed by atoms with E-state index in [1.54, 1.807) is 23.1 Å². The van der Waals surface area contributed by atoms with Crippen molar-refractivity contribution < 1.29 is 19.2 Å². The molecular weight excluding hydrogens is 651 g/mol. The Morgan fingerprint density at radius 3 is 1.81 bits per heavy atom. The normalized spacial score (nSPS) is 16.4. The summed E-state index contributed by atoms with van der Waals surface area (Å²) in [5.41, 5.74) is 4.03. The summed E-state index contributed by atoms with van der Waals surface area (Å²) >= 11 is 0. The molecule has 0 spiro atoms. The van der Waals surface area contributed by atoms with Gasteiger partial charge in [0.15, 0.2) is 0 Å². The number of hydrogen-bond acceptors (Lipinski definition) is 1. The summed E-state index contributed by atoms with van der Waals surface area (Å²) in [6, 6.07) is 27.9. The molecular formula is C53H39N. The van der Waals surface area contributed by atoms with Gasteiger partial charge in [0.2, 0.25) is 0 Å². The van der Waals surface area contributed by atoms with Crippen molar-refractivity contribution in [3.63, 3.8) is 0 Å². The van der Waals surface area contributed by atoms with Crippen LogP contribution < -0.4 is 4.90 Å². The van der Waals surface area contributed by atoms with Gasteiger partial charge in [-0.25, -0.2) is 0 Å². The lowest BCUT2D eigenvalue weighted by Crippen LogP contribution is -2.17. The van der Waals surface area contributed by atoms with Crippen molar-refractivity contribution in [3.05, 3.63) is 211 Å². The Hall–Kier alpha value is -6.70. The Kier molecular flexibility index (Phi) is 4.85. The fourth-order valence-corrected chi connectivity index (χ4v) is 8.00. The molecule has 0 aromatic heterocycles. The molecule has 256 valence electrons. The Balaban J connectivity index is 1.39. The molecule has 0 unspecified atom stereocenters. The highest BCUT2D eigenvalue weighted by Crippen LogP contribution is 2.53. The molecule has 0 radical (unpaired) electrons. The SMILES string of the molecule is [2H]c1c([2H])c([2H])c(-c2cccc(N(c3ccc4c(c3)C(C)(C)c3ccccc3-4)c3c([2H])c([2H])c(-c4c([2H])c([2H])c([2H])c([2H])c4[2H])c([2H])c3[2H])c2-c2cc3ccccc3c3ccccc23)c([2H])c1[2H]. The Labute approximate surface area is 337 Å². The van der Waals surface area contributed by atoms with Gasteiger partial charge in [-0.05, 0) is 108 Å². The molecule has 9 aromatic rings. The van der Waals surface area contributed by atoms with Gasteiger partial charge in [-0.15, -0.1) is 0 Å². The summed E-state index contributed by atoms with van der Waals surface area (Å²) in [5, 5.41) is 3.37. The van der Waals surface area contributed by atoms with Crippen LogP contribution in [-0.4, -0.2) is 0 Å². The third-order valence-electron chi connectivity index (χ3n) is 10.5. The molecule has 54 heavy (non-hydrogen) atoms. The van der Waals surface area contributed by atoms with E-state index in [0.717, 1.165) is 43.8 Å². The second-order valence-electron chi connectivity index (χ2n) is 13.9. The maximum Gasteiger partial charge on any atom is 0.0645 e. The summed E-state index contributed by atoms with van der Waals surface area (Å²) < 4.78 is 126. The number of fused-ring (bicyclic) bond motifs is 6. The predicted molar refractivity (Wildman–Crippen MR) is 230 cm³/mol. The maximum absolute atomic E-state index is 9.84. The van der Waals surface area contributed by atoms with Crippen molar-refractivity contribution in [1.29, 1.82) is 0 Å². The van der Waals surface area contributed by atoms with E-state index >= 15 is 0 Å². The van der Waals surface area contributed by atoms with E-state index in [2.05, 4.69) is 19.9 Å². The minimum absolute atomic E-state index is 0.0910. The quantitative estimate of drug-likeness (QED) is 0.156. The van der Waals surface area contributed by atoms with Crippen LogP contribution in [0.4, 0.5) is 17.1 Å². The predicted octanol–water partition coefficient (Wildman–Crippen LogP) is 14.8. The highest BCUT2D eigenvalue weighted by Gasteiger charge is 2.36. The maximum atomic E-state index is 9.84. The first-order chi connectivity index (χ1) is 32.4. The number of anilines is 3. The van der Waals surface area contributed by atoms with Crippen LogP contribution in [0.25, 0.3) is 66.1 Å². The molecule has 10 rings (SSSR count). The second-order valence-corrected chi connectivity index (χ2v) is 13.9. The Morgan fingerprint density at radius 1 is 0.426 bits per heavy atom. The highest BCUT2D eigenvalue weighted by atomic mass is 15.1. The first-order valence-corrected chi connectivity index (χ1v) is 17.7. The zero-order valence-corrected chi connectivity index (χ0v) is 29.4. The molecule has 0 bridgehead atoms. The molecule has 0 heterocycles. The zero-order valence-electron chi connectivity index (χ0n) is 43.4. The monoisotopic (exact) mass is 703 g/mol. The molecule has 0 saturated carbocycles. The average Bonchev–Trinajstić information content (AvgIpc) is 3.57. The van der Waals surface area contributed by atoms with Crippen LogP contribution in [0.1, 0.15) is 44.2 Å². The van der Waals surface area contributed by atoms with E-state index < -0.39 is 101 Å². The van der Waals surface area contributed by atoms with Gasteiger partial charge in [-0.3, -0.25) is 0 Å². The lowest BCUT2D eigenvalue weighted by atomic mass is 9.82. The van der Waals surface area contributed by atoms with Crippen molar-refractivity contribution in [3.8, 4) is 44.5 Å². The van der Waals surface area contributed by atoms with E-state index in [1.165, 1.54) is 0 Å². The van der Waals surface area contributed by atoms with Crippen molar-refractivity contribution >= 4 is 38.6 Å². The van der Waals surface area contributed by atoms with E-state index in [4.69, 9.17) is 11.0 Å². The third-order valence-corrected chi connectivity index (χ3v) is 10.5. The standard InChI is InChI=1S/C53H39N/c1-53(2)49-26-14-13-24-46(49)47-33-32-41(35-50(47)53)54(40-30-28-37(29-31-40)36-16-5-3-6-17-36)51-27-15-25-43(38-18-7-4-8-19-38)52(51)48-34-39-20-9-10-21-42(39)44-22-11-12-23-45(44)48/h3-35H,1-2H3/i3D,4D,5D,6D,7D,8D,16D,17D,18D,19D,28D,29D,30D,31D. The summed E-state index contributed by atoms with van der Waals surface area (Å²) in [5.74, 6) is 0. The Morgan fingerprint density at radius 2 is 1.04 bits per heavy atom. The van der Waals surface area contributed by atoms with Crippen molar-refractivity contribution in [2.75, 3.05) is 4.90 Å². The van der Waals surface area contributed by atoms with Crippen LogP contribution >= 0.6 is 0 Å². The van der Waals surface area contributed by atoms with E-state index in [9.17, 15) is 8.22 Å². The van der Waals surface area contributed by atoms with Gasteiger partial charge in [0, 0.05) is 22.4 Å². The van der Waals surface area contributed by atoms with Crippen LogP contribution in [0.3, 0.4) is 0 Å². The average molecular weight is 704 g/mol. The van der Waals surface area contributed by atoms with Crippen LogP contribution in [0.15, 0.2) is 200 Å². The first kappa shape index (κ1) is 20.5. The smallest absolute Gasteiger partial charge is 0.0645 e. The molecule has 0 N–H and O–H groups in total. The van der Waals surface area contributed by atoms with Gasteiger partial charge in [0.25, 0.3) is 0 Å². The van der Waals surface area contributed by atoms with Crippen LogP contribution in [0.2, 0.25) is 0 Å². The second kappa shape index (κ2) is 12.8. The van der Waals surface area contributed by atoms with Gasteiger partial charge in [0.05, 0.1) is 24.9 Å². The molecule has 1 nitrogen and oxygen atoms in total. The van der Waals surface area contributed by atoms with Crippen molar-refractivity contribution in [2.45, 2.75) is 19.3 Å². The fraction of sp³-hybridized carbons (Fsp3) is 0.0566. The lowest BCUT2D eigenvalue weighted by Gasteiger charge is -2.31. The number of nitrogens with zero attached hydrogens (tertiary/aromatic N) is 1. The molecule has 0 fully saturated rings. The molecule has 1 aliphatic rings. The molecule has 0 amide bonds. The summed E-state index contributed by atoms with van der Waals surface area (Å²) in [7, 11) is 0. The van der Waals surface area contributed by atoms with Gasteiger partial charge >= 0.3 is 0 Å². The number of rotatable bonds is 6. The molecule has 1 aliphatic carbocycles. The first-order valence-electron chi connectivity index (χ1n) is 24.7. The fourth-order valence-electron chi connectivity index (χ4n) is 8.00. The molecule has 0 saturated heterocycles. The molecule has 0 atom stereocenters. The van der Waals surface area contributed by atoms with Crippen molar-refractivity contribution in [2.24, 2.45) is 0 Å². The van der Waals surface area contributed by atoms with Crippen LogP contribution in [-0.2, 0) is 5.41 Å². The minimum Gasteiger partial charge on any atom is -0.310 e. The van der Waals surface area contributed by atoms with E-state index in [-0.39, 0.29) is 22.5 Å². The minimum atomic E-state index is -0.693. The Bertz CT molecular complexity index is 3590. The van der Waals surface area contributed by atoms with Gasteiger partial charge in [-0.1, -0.05) is 177 Å². The third kappa shape index (κ3) is 5.16. The van der Waals surface area contributed by atoms with Crippen LogP contribution in [0.5, 0.6) is 0 Å². The van der Waals surface area contributed by atoms with Gasteiger partial charge in [-0.2, -0.15) is 0 Å². The largest absolute Gasteiger partial charge is 0.310 e. The number of benzene rings is 9. The molecule has 1 heteroatoms. The zero-order chi connectivity index (χ0) is 48.4. The molecule has 0 aliphatic heterocycles. The summed E-state index contributed by atoms with van der Waals surface area (Å²) in [6.45, 7) is 4.20.